The summed E-state index contributed by atoms with van der Waals surface area (Å²) in [5.41, 5.74) is 0.403. The SMILES string of the molecule is CCCCCCNC(=O)c1ccn(COc2ccc(Cl)cc2)n1. The van der Waals surface area contributed by atoms with Crippen LogP contribution in [-0.2, 0) is 6.73 Å². The zero-order valence-electron chi connectivity index (χ0n) is 13.3. The summed E-state index contributed by atoms with van der Waals surface area (Å²) in [4.78, 5) is 12.0. The quantitative estimate of drug-likeness (QED) is 0.707. The lowest BCUT2D eigenvalue weighted by atomic mass is 10.2. The molecule has 0 atom stereocenters. The Hall–Kier alpha value is -2.01. The van der Waals surface area contributed by atoms with Crippen molar-refractivity contribution < 1.29 is 9.53 Å². The van der Waals surface area contributed by atoms with Gasteiger partial charge in [-0.05, 0) is 36.8 Å². The molecule has 5 nitrogen and oxygen atoms in total. The number of hydrogen-bond acceptors (Lipinski definition) is 3. The Labute approximate surface area is 141 Å². The molecule has 0 saturated carbocycles. The van der Waals surface area contributed by atoms with E-state index in [0.717, 1.165) is 12.8 Å². The highest BCUT2D eigenvalue weighted by Gasteiger charge is 2.08. The predicted octanol–water partition coefficient (Wildman–Crippen LogP) is 3.88. The first-order valence-electron chi connectivity index (χ1n) is 7.89. The van der Waals surface area contributed by atoms with Crippen molar-refractivity contribution in [3.63, 3.8) is 0 Å². The summed E-state index contributed by atoms with van der Waals surface area (Å²) in [6.07, 6.45) is 6.25. The summed E-state index contributed by atoms with van der Waals surface area (Å²) >= 11 is 5.82. The molecule has 0 aliphatic carbocycles. The molecule has 0 aliphatic rings. The minimum Gasteiger partial charge on any atom is -0.471 e. The number of carbonyl (C=O) groups is 1. The van der Waals surface area contributed by atoms with Crippen molar-refractivity contribution in [1.29, 1.82) is 0 Å². The molecule has 6 heteroatoms. The van der Waals surface area contributed by atoms with E-state index in [0.29, 0.717) is 23.0 Å². The van der Waals surface area contributed by atoms with Crippen LogP contribution in [0, 0.1) is 0 Å². The lowest BCUT2D eigenvalue weighted by molar-refractivity contribution is 0.0946. The first-order chi connectivity index (χ1) is 11.2. The van der Waals surface area contributed by atoms with Crippen molar-refractivity contribution in [2.75, 3.05) is 6.54 Å². The molecule has 0 fully saturated rings. The molecule has 2 aromatic rings. The zero-order valence-corrected chi connectivity index (χ0v) is 14.1. The van der Waals surface area contributed by atoms with Gasteiger partial charge in [-0.1, -0.05) is 37.8 Å². The highest BCUT2D eigenvalue weighted by atomic mass is 35.5. The van der Waals surface area contributed by atoms with Gasteiger partial charge >= 0.3 is 0 Å². The maximum Gasteiger partial charge on any atom is 0.271 e. The summed E-state index contributed by atoms with van der Waals surface area (Å²) < 4.78 is 7.16. The van der Waals surface area contributed by atoms with Crippen LogP contribution in [0.15, 0.2) is 36.5 Å². The molecule has 124 valence electrons. The first-order valence-corrected chi connectivity index (χ1v) is 8.27. The lowest BCUT2D eigenvalue weighted by Gasteiger charge is -2.06. The Morgan fingerprint density at radius 1 is 1.22 bits per heavy atom. The van der Waals surface area contributed by atoms with E-state index in [1.54, 1.807) is 41.2 Å². The van der Waals surface area contributed by atoms with Crippen LogP contribution in [0.25, 0.3) is 0 Å². The first kappa shape index (κ1) is 17.3. The molecule has 0 radical (unpaired) electrons. The average Bonchev–Trinajstić information content (AvgIpc) is 3.03. The van der Waals surface area contributed by atoms with E-state index in [4.69, 9.17) is 16.3 Å². The van der Waals surface area contributed by atoms with Gasteiger partial charge in [0.25, 0.3) is 5.91 Å². The van der Waals surface area contributed by atoms with Crippen LogP contribution in [0.4, 0.5) is 0 Å². The Morgan fingerprint density at radius 3 is 2.74 bits per heavy atom. The highest BCUT2D eigenvalue weighted by molar-refractivity contribution is 6.30. The van der Waals surface area contributed by atoms with E-state index in [1.165, 1.54) is 12.8 Å². The number of aromatic nitrogens is 2. The van der Waals surface area contributed by atoms with E-state index in [9.17, 15) is 4.79 Å². The van der Waals surface area contributed by atoms with Gasteiger partial charge in [-0.15, -0.1) is 0 Å². The number of carbonyl (C=O) groups excluding carboxylic acids is 1. The third-order valence-electron chi connectivity index (χ3n) is 3.37. The largest absolute Gasteiger partial charge is 0.471 e. The molecule has 1 N–H and O–H groups in total. The molecule has 0 bridgehead atoms. The number of amides is 1. The maximum atomic E-state index is 12.0. The molecule has 0 unspecified atom stereocenters. The Bertz CT molecular complexity index is 611. The summed E-state index contributed by atoms with van der Waals surface area (Å²) in [6.45, 7) is 3.09. The molecular formula is C17H22ClN3O2. The summed E-state index contributed by atoms with van der Waals surface area (Å²) in [7, 11) is 0. The summed E-state index contributed by atoms with van der Waals surface area (Å²) in [5.74, 6) is 0.554. The second-order valence-electron chi connectivity index (χ2n) is 5.28. The van der Waals surface area contributed by atoms with Crippen LogP contribution in [-0.4, -0.2) is 22.2 Å². The third-order valence-corrected chi connectivity index (χ3v) is 3.62. The van der Waals surface area contributed by atoms with Gasteiger partial charge in [0.1, 0.15) is 11.4 Å². The van der Waals surface area contributed by atoms with Crippen molar-refractivity contribution in [3.8, 4) is 5.75 Å². The maximum absolute atomic E-state index is 12.0. The van der Waals surface area contributed by atoms with Gasteiger partial charge < -0.3 is 10.1 Å². The third kappa shape index (κ3) is 5.94. The fourth-order valence-corrected chi connectivity index (χ4v) is 2.20. The standard InChI is InChI=1S/C17H22ClN3O2/c1-2-3-4-5-11-19-17(22)16-10-12-21(20-16)13-23-15-8-6-14(18)7-9-15/h6-10,12H,2-5,11,13H2,1H3,(H,19,22). The van der Waals surface area contributed by atoms with Crippen molar-refractivity contribution >= 4 is 17.5 Å². The fourth-order valence-electron chi connectivity index (χ4n) is 2.07. The monoisotopic (exact) mass is 335 g/mol. The molecule has 1 heterocycles. The number of nitrogens with one attached hydrogen (secondary N) is 1. The zero-order chi connectivity index (χ0) is 16.5. The van der Waals surface area contributed by atoms with Gasteiger partial charge in [0.15, 0.2) is 6.73 Å². The molecule has 1 aromatic carbocycles. The van der Waals surface area contributed by atoms with Crippen molar-refractivity contribution in [1.82, 2.24) is 15.1 Å². The van der Waals surface area contributed by atoms with Gasteiger partial charge in [-0.2, -0.15) is 5.10 Å². The minimum atomic E-state index is -0.147. The molecular weight excluding hydrogens is 314 g/mol. The Morgan fingerprint density at radius 2 is 2.00 bits per heavy atom. The van der Waals surface area contributed by atoms with Crippen LogP contribution in [0.1, 0.15) is 43.1 Å². The van der Waals surface area contributed by atoms with Crippen LogP contribution >= 0.6 is 11.6 Å². The van der Waals surface area contributed by atoms with Crippen LogP contribution in [0.5, 0.6) is 5.75 Å². The number of benzene rings is 1. The molecule has 1 aromatic heterocycles. The Kier molecular flexibility index (Phi) is 6.94. The van der Waals surface area contributed by atoms with Gasteiger partial charge in [0.2, 0.25) is 0 Å². The predicted molar refractivity (Wildman–Crippen MR) is 90.8 cm³/mol. The fraction of sp³-hybridized carbons (Fsp3) is 0.412. The van der Waals surface area contributed by atoms with E-state index in [1.807, 2.05) is 0 Å². The van der Waals surface area contributed by atoms with Crippen molar-refractivity contribution in [2.45, 2.75) is 39.3 Å². The van der Waals surface area contributed by atoms with Crippen molar-refractivity contribution in [2.24, 2.45) is 0 Å². The van der Waals surface area contributed by atoms with Crippen LogP contribution in [0.2, 0.25) is 5.02 Å². The van der Waals surface area contributed by atoms with E-state index in [2.05, 4.69) is 17.3 Å². The van der Waals surface area contributed by atoms with E-state index < -0.39 is 0 Å². The number of unbranched alkanes of at least 4 members (excludes halogenated alkanes) is 3. The number of hydrogen-bond donors (Lipinski definition) is 1. The van der Waals surface area contributed by atoms with Crippen LogP contribution in [0.3, 0.4) is 0 Å². The Balaban J connectivity index is 1.76. The summed E-state index contributed by atoms with van der Waals surface area (Å²) in [6, 6.07) is 8.78. The second-order valence-corrected chi connectivity index (χ2v) is 5.72. The molecule has 0 saturated heterocycles. The second kappa shape index (κ2) is 9.20. The minimum absolute atomic E-state index is 0.147. The topological polar surface area (TPSA) is 56.2 Å². The van der Waals surface area contributed by atoms with Crippen molar-refractivity contribution in [3.05, 3.63) is 47.2 Å². The number of nitrogens with zero attached hydrogens (tertiary/aromatic N) is 2. The molecule has 0 spiro atoms. The normalized spacial score (nSPS) is 10.5. The number of rotatable bonds is 9. The molecule has 0 aliphatic heterocycles. The van der Waals surface area contributed by atoms with E-state index >= 15 is 0 Å². The molecule has 23 heavy (non-hydrogen) atoms. The van der Waals surface area contributed by atoms with Gasteiger partial charge in [0.05, 0.1) is 0 Å². The smallest absolute Gasteiger partial charge is 0.271 e. The summed E-state index contributed by atoms with van der Waals surface area (Å²) in [5, 5.41) is 7.75. The highest BCUT2D eigenvalue weighted by Crippen LogP contribution is 2.15. The van der Waals surface area contributed by atoms with Gasteiger partial charge in [-0.3, -0.25) is 4.79 Å². The van der Waals surface area contributed by atoms with E-state index in [-0.39, 0.29) is 12.6 Å². The molecule has 1 amide bonds. The average molecular weight is 336 g/mol. The number of ether oxygens (including phenoxy) is 1. The van der Waals surface area contributed by atoms with Gasteiger partial charge in [0, 0.05) is 17.8 Å². The number of halogens is 1. The lowest BCUT2D eigenvalue weighted by Crippen LogP contribution is -2.25. The van der Waals surface area contributed by atoms with Gasteiger partial charge in [-0.25, -0.2) is 4.68 Å². The van der Waals surface area contributed by atoms with Crippen LogP contribution < -0.4 is 10.1 Å². The molecule has 2 rings (SSSR count).